The summed E-state index contributed by atoms with van der Waals surface area (Å²) in [6.07, 6.45) is -4.94. The zero-order valence-electron chi connectivity index (χ0n) is 13.4. The number of alkyl halides is 3. The molecular formula is C20H13F3N2O. The lowest BCUT2D eigenvalue weighted by molar-refractivity contribution is -0.167. The van der Waals surface area contributed by atoms with Crippen LogP contribution >= 0.6 is 0 Å². The molecule has 0 saturated carbocycles. The minimum absolute atomic E-state index is 0.112. The number of fused-ring (bicyclic) bond motifs is 3. The van der Waals surface area contributed by atoms with E-state index in [-0.39, 0.29) is 5.69 Å². The van der Waals surface area contributed by atoms with Crippen LogP contribution in [0.25, 0.3) is 32.9 Å². The van der Waals surface area contributed by atoms with Gasteiger partial charge in [-0.25, -0.2) is 0 Å². The number of benzene rings is 3. The van der Waals surface area contributed by atoms with E-state index in [1.54, 1.807) is 18.2 Å². The van der Waals surface area contributed by atoms with Crippen LogP contribution in [0.3, 0.4) is 0 Å². The lowest BCUT2D eigenvalue weighted by Gasteiger charge is -2.13. The summed E-state index contributed by atoms with van der Waals surface area (Å²) in [5, 5.41) is 3.97. The molecule has 3 nitrogen and oxygen atoms in total. The maximum absolute atomic E-state index is 12.6. The highest BCUT2D eigenvalue weighted by atomic mass is 19.4. The smallest absolute Gasteiger partial charge is 0.354 e. The van der Waals surface area contributed by atoms with Crippen LogP contribution in [-0.2, 0) is 4.79 Å². The van der Waals surface area contributed by atoms with Crippen molar-refractivity contribution in [3.8, 4) is 11.1 Å². The van der Waals surface area contributed by atoms with Gasteiger partial charge in [0.05, 0.1) is 5.52 Å². The van der Waals surface area contributed by atoms with Crippen molar-refractivity contribution in [1.29, 1.82) is 0 Å². The van der Waals surface area contributed by atoms with E-state index >= 15 is 0 Å². The molecular weight excluding hydrogens is 341 g/mol. The van der Waals surface area contributed by atoms with Crippen LogP contribution < -0.4 is 5.32 Å². The maximum atomic E-state index is 12.6. The van der Waals surface area contributed by atoms with Crippen LogP contribution in [0, 0.1) is 0 Å². The predicted octanol–water partition coefficient (Wildman–Crippen LogP) is 5.49. The lowest BCUT2D eigenvalue weighted by Crippen LogP contribution is -2.30. The van der Waals surface area contributed by atoms with E-state index in [1.165, 1.54) is 6.07 Å². The molecule has 0 bridgehead atoms. The first-order chi connectivity index (χ1) is 12.4. The predicted molar refractivity (Wildman–Crippen MR) is 95.9 cm³/mol. The Morgan fingerprint density at radius 1 is 0.808 bits per heavy atom. The quantitative estimate of drug-likeness (QED) is 0.491. The van der Waals surface area contributed by atoms with E-state index in [0.717, 1.165) is 27.4 Å². The van der Waals surface area contributed by atoms with Gasteiger partial charge in [-0.3, -0.25) is 4.79 Å². The van der Waals surface area contributed by atoms with Crippen LogP contribution in [0.5, 0.6) is 0 Å². The molecule has 0 aliphatic heterocycles. The van der Waals surface area contributed by atoms with Gasteiger partial charge in [0, 0.05) is 33.1 Å². The van der Waals surface area contributed by atoms with Gasteiger partial charge >= 0.3 is 12.1 Å². The molecule has 0 unspecified atom stereocenters. The average Bonchev–Trinajstić information content (AvgIpc) is 3.00. The molecule has 0 aliphatic rings. The number of aromatic amines is 1. The number of carbonyl (C=O) groups excluding carboxylic acids is 1. The Morgan fingerprint density at radius 2 is 1.46 bits per heavy atom. The third kappa shape index (κ3) is 2.69. The van der Waals surface area contributed by atoms with Crippen LogP contribution in [0.4, 0.5) is 18.9 Å². The molecule has 0 fully saturated rings. The Kier molecular flexibility index (Phi) is 3.68. The van der Waals surface area contributed by atoms with Crippen molar-refractivity contribution < 1.29 is 18.0 Å². The first-order valence-electron chi connectivity index (χ1n) is 7.92. The number of rotatable bonds is 2. The standard InChI is InChI=1S/C20H13F3N2O/c21-20(22,23)19(26)25-17-11-4-2-7-13(17)15-9-5-8-14-12-6-1-3-10-16(12)24-18(14)15/h1-11,24H,(H,25,26). The highest BCUT2D eigenvalue weighted by Crippen LogP contribution is 2.36. The first kappa shape index (κ1) is 16.2. The summed E-state index contributed by atoms with van der Waals surface area (Å²) >= 11 is 0. The Bertz CT molecular complexity index is 1130. The van der Waals surface area contributed by atoms with Crippen molar-refractivity contribution in [2.24, 2.45) is 0 Å². The Labute approximate surface area is 146 Å². The average molecular weight is 354 g/mol. The number of H-pyrrole nitrogens is 1. The molecule has 0 atom stereocenters. The Morgan fingerprint density at radius 3 is 2.27 bits per heavy atom. The van der Waals surface area contributed by atoms with E-state index in [0.29, 0.717) is 5.56 Å². The van der Waals surface area contributed by atoms with Crippen molar-refractivity contribution in [3.63, 3.8) is 0 Å². The number of anilines is 1. The van der Waals surface area contributed by atoms with Crippen LogP contribution in [-0.4, -0.2) is 17.1 Å². The van der Waals surface area contributed by atoms with Crippen LogP contribution in [0.2, 0.25) is 0 Å². The normalized spacial score (nSPS) is 11.8. The van der Waals surface area contributed by atoms with E-state index < -0.39 is 12.1 Å². The fourth-order valence-electron chi connectivity index (χ4n) is 3.12. The van der Waals surface area contributed by atoms with Crippen molar-refractivity contribution in [1.82, 2.24) is 4.98 Å². The van der Waals surface area contributed by atoms with Crippen molar-refractivity contribution >= 4 is 33.4 Å². The summed E-state index contributed by atoms with van der Waals surface area (Å²) in [5.41, 5.74) is 3.09. The Balaban J connectivity index is 1.90. The maximum Gasteiger partial charge on any atom is 0.471 e. The molecule has 0 aliphatic carbocycles. The minimum Gasteiger partial charge on any atom is -0.354 e. The molecule has 130 valence electrons. The molecule has 4 rings (SSSR count). The topological polar surface area (TPSA) is 44.9 Å². The minimum atomic E-state index is -4.94. The zero-order chi connectivity index (χ0) is 18.3. The van der Waals surface area contributed by atoms with Gasteiger partial charge in [-0.2, -0.15) is 13.2 Å². The van der Waals surface area contributed by atoms with E-state index in [2.05, 4.69) is 4.98 Å². The summed E-state index contributed by atoms with van der Waals surface area (Å²) in [5.74, 6) is -1.99. The van der Waals surface area contributed by atoms with Gasteiger partial charge in [-0.05, 0) is 12.1 Å². The second-order valence-corrected chi connectivity index (χ2v) is 5.90. The monoisotopic (exact) mass is 354 g/mol. The lowest BCUT2D eigenvalue weighted by atomic mass is 10.0. The second-order valence-electron chi connectivity index (χ2n) is 5.90. The number of hydrogen-bond acceptors (Lipinski definition) is 1. The summed E-state index contributed by atoms with van der Waals surface area (Å²) in [6, 6.07) is 19.8. The number of para-hydroxylation sites is 3. The van der Waals surface area contributed by atoms with Gasteiger partial charge < -0.3 is 10.3 Å². The van der Waals surface area contributed by atoms with Crippen molar-refractivity contribution in [3.05, 3.63) is 66.7 Å². The van der Waals surface area contributed by atoms with Crippen molar-refractivity contribution in [2.45, 2.75) is 6.18 Å². The van der Waals surface area contributed by atoms with E-state index in [9.17, 15) is 18.0 Å². The molecule has 0 spiro atoms. The largest absolute Gasteiger partial charge is 0.471 e. The number of halogens is 3. The van der Waals surface area contributed by atoms with Gasteiger partial charge in [0.15, 0.2) is 0 Å². The first-order valence-corrected chi connectivity index (χ1v) is 7.92. The molecule has 1 amide bonds. The summed E-state index contributed by atoms with van der Waals surface area (Å²) in [4.78, 5) is 14.7. The van der Waals surface area contributed by atoms with Crippen molar-refractivity contribution in [2.75, 3.05) is 5.32 Å². The summed E-state index contributed by atoms with van der Waals surface area (Å²) < 4.78 is 37.9. The van der Waals surface area contributed by atoms with Gasteiger partial charge in [-0.15, -0.1) is 0 Å². The number of aromatic nitrogens is 1. The number of nitrogens with one attached hydrogen (secondary N) is 2. The number of carbonyl (C=O) groups is 1. The van der Waals surface area contributed by atoms with E-state index in [1.807, 2.05) is 47.8 Å². The molecule has 4 aromatic rings. The molecule has 0 radical (unpaired) electrons. The van der Waals surface area contributed by atoms with Gasteiger partial charge in [-0.1, -0.05) is 54.6 Å². The molecule has 1 aromatic heterocycles. The highest BCUT2D eigenvalue weighted by Gasteiger charge is 2.39. The van der Waals surface area contributed by atoms with Crippen LogP contribution in [0.15, 0.2) is 66.7 Å². The molecule has 6 heteroatoms. The number of hydrogen-bond donors (Lipinski definition) is 2. The third-order valence-electron chi connectivity index (χ3n) is 4.26. The summed E-state index contributed by atoms with van der Waals surface area (Å²) in [7, 11) is 0. The molecule has 26 heavy (non-hydrogen) atoms. The van der Waals surface area contributed by atoms with Crippen LogP contribution in [0.1, 0.15) is 0 Å². The fourth-order valence-corrected chi connectivity index (χ4v) is 3.12. The third-order valence-corrected chi connectivity index (χ3v) is 4.26. The van der Waals surface area contributed by atoms with Gasteiger partial charge in [0.1, 0.15) is 0 Å². The van der Waals surface area contributed by atoms with Gasteiger partial charge in [0.2, 0.25) is 0 Å². The highest BCUT2D eigenvalue weighted by molar-refractivity contribution is 6.13. The zero-order valence-corrected chi connectivity index (χ0v) is 13.4. The number of amides is 1. The Hall–Kier alpha value is -3.28. The SMILES string of the molecule is O=C(Nc1ccccc1-c1cccc2c1[nH]c1ccccc12)C(F)(F)F. The molecule has 2 N–H and O–H groups in total. The molecule has 3 aromatic carbocycles. The molecule has 1 heterocycles. The summed E-state index contributed by atoms with van der Waals surface area (Å²) in [6.45, 7) is 0. The fraction of sp³-hybridized carbons (Fsp3) is 0.0500. The molecule has 0 saturated heterocycles. The second kappa shape index (κ2) is 5.91. The van der Waals surface area contributed by atoms with E-state index in [4.69, 9.17) is 0 Å². The van der Waals surface area contributed by atoms with Gasteiger partial charge in [0.25, 0.3) is 0 Å².